The van der Waals surface area contributed by atoms with Crippen molar-refractivity contribution < 1.29 is 0 Å². The van der Waals surface area contributed by atoms with Crippen LogP contribution in [-0.4, -0.2) is 11.2 Å². The maximum absolute atomic E-state index is 6.67. The number of thioether (sulfide) groups is 1. The molecule has 1 aromatic rings. The Bertz CT molecular complexity index is 750. The molecule has 132 valence electrons. The molecule has 3 nitrogen and oxygen atoms in total. The Morgan fingerprint density at radius 3 is 2.48 bits per heavy atom. The summed E-state index contributed by atoms with van der Waals surface area (Å²) in [7, 11) is 0. The molecule has 0 amide bonds. The zero-order chi connectivity index (χ0) is 17.7. The molecule has 2 aliphatic carbocycles. The van der Waals surface area contributed by atoms with Crippen molar-refractivity contribution in [3.8, 4) is 0 Å². The summed E-state index contributed by atoms with van der Waals surface area (Å²) >= 11 is 1.58. The molecule has 4 heteroatoms. The van der Waals surface area contributed by atoms with E-state index in [0.717, 1.165) is 16.2 Å². The number of aliphatic imine (C=N–C) groups is 1. The van der Waals surface area contributed by atoms with E-state index in [4.69, 9.17) is 11.5 Å². The van der Waals surface area contributed by atoms with Gasteiger partial charge in [-0.2, -0.15) is 0 Å². The van der Waals surface area contributed by atoms with Crippen LogP contribution >= 0.6 is 11.8 Å². The van der Waals surface area contributed by atoms with Gasteiger partial charge in [0.15, 0.2) is 0 Å². The molecule has 3 aliphatic rings. The van der Waals surface area contributed by atoms with E-state index < -0.39 is 5.54 Å². The first-order valence-electron chi connectivity index (χ1n) is 9.17. The van der Waals surface area contributed by atoms with Gasteiger partial charge in [0.1, 0.15) is 5.50 Å². The highest BCUT2D eigenvalue weighted by atomic mass is 32.2. The number of rotatable bonds is 2. The molecule has 1 saturated carbocycles. The lowest BCUT2D eigenvalue weighted by atomic mass is 9.71. The molecule has 1 fully saturated rings. The first-order valence-corrected chi connectivity index (χ1v) is 10.0. The van der Waals surface area contributed by atoms with E-state index in [-0.39, 0.29) is 5.50 Å². The molecule has 2 unspecified atom stereocenters. The van der Waals surface area contributed by atoms with E-state index in [1.54, 1.807) is 11.8 Å². The second-order valence-electron chi connectivity index (χ2n) is 8.36. The third kappa shape index (κ3) is 3.35. The molecular formula is C21H27N3S. The third-order valence-corrected chi connectivity index (χ3v) is 6.80. The van der Waals surface area contributed by atoms with Crippen molar-refractivity contribution in [2.24, 2.45) is 21.9 Å². The summed E-state index contributed by atoms with van der Waals surface area (Å²) in [4.78, 5) is 5.50. The van der Waals surface area contributed by atoms with Crippen LogP contribution in [0.2, 0.25) is 0 Å². The van der Waals surface area contributed by atoms with E-state index >= 15 is 0 Å². The third-order valence-electron chi connectivity index (χ3n) is 5.87. The molecule has 1 heterocycles. The molecule has 0 bridgehead atoms. The maximum atomic E-state index is 6.67. The van der Waals surface area contributed by atoms with E-state index in [9.17, 15) is 0 Å². The molecule has 2 atom stereocenters. The number of hydrogen-bond donors (Lipinski definition) is 2. The molecule has 0 radical (unpaired) electrons. The highest BCUT2D eigenvalue weighted by Gasteiger charge is 2.31. The molecule has 4 N–H and O–H groups in total. The van der Waals surface area contributed by atoms with E-state index in [1.807, 2.05) is 12.2 Å². The van der Waals surface area contributed by atoms with Gasteiger partial charge < -0.3 is 11.5 Å². The van der Waals surface area contributed by atoms with Crippen LogP contribution in [0.5, 0.6) is 0 Å². The van der Waals surface area contributed by atoms with Gasteiger partial charge in [-0.1, -0.05) is 56.0 Å². The van der Waals surface area contributed by atoms with Crippen LogP contribution in [0.4, 0.5) is 0 Å². The van der Waals surface area contributed by atoms with Gasteiger partial charge in [-0.25, -0.2) is 0 Å². The molecule has 1 aliphatic heterocycles. The van der Waals surface area contributed by atoms with Crippen molar-refractivity contribution in [3.05, 3.63) is 58.5 Å². The fraction of sp³-hybridized carbons (Fsp3) is 0.476. The van der Waals surface area contributed by atoms with Crippen molar-refractivity contribution in [1.29, 1.82) is 0 Å². The Labute approximate surface area is 154 Å². The normalized spacial score (nSPS) is 31.4. The number of nitrogens with two attached hydrogens (primary N) is 2. The van der Waals surface area contributed by atoms with E-state index in [0.29, 0.717) is 11.3 Å². The lowest BCUT2D eigenvalue weighted by Crippen LogP contribution is -2.34. The van der Waals surface area contributed by atoms with Gasteiger partial charge in [0.25, 0.3) is 0 Å². The number of fused-ring (bicyclic) bond motifs is 1. The van der Waals surface area contributed by atoms with Crippen molar-refractivity contribution in [2.45, 2.75) is 56.5 Å². The zero-order valence-corrected chi connectivity index (χ0v) is 15.9. The summed E-state index contributed by atoms with van der Waals surface area (Å²) in [5, 5.41) is 0. The lowest BCUT2D eigenvalue weighted by molar-refractivity contribution is 0.224. The number of benzene rings is 1. The Morgan fingerprint density at radius 1 is 1.12 bits per heavy atom. The van der Waals surface area contributed by atoms with Crippen LogP contribution in [0, 0.1) is 5.41 Å². The van der Waals surface area contributed by atoms with E-state index in [2.05, 4.69) is 49.2 Å². The van der Waals surface area contributed by atoms with Gasteiger partial charge in [-0.3, -0.25) is 4.99 Å². The van der Waals surface area contributed by atoms with Gasteiger partial charge in [-0.05, 0) is 60.3 Å². The summed E-state index contributed by atoms with van der Waals surface area (Å²) < 4.78 is 0. The van der Waals surface area contributed by atoms with Crippen LogP contribution in [0.15, 0.2) is 52.4 Å². The highest BCUT2D eigenvalue weighted by Crippen LogP contribution is 2.43. The molecule has 0 spiro atoms. The molecular weight excluding hydrogens is 326 g/mol. The van der Waals surface area contributed by atoms with Crippen molar-refractivity contribution in [3.63, 3.8) is 0 Å². The second-order valence-corrected chi connectivity index (χ2v) is 9.52. The average molecular weight is 354 g/mol. The van der Waals surface area contributed by atoms with Crippen molar-refractivity contribution >= 4 is 17.5 Å². The molecule has 0 aromatic heterocycles. The minimum absolute atomic E-state index is 0.203. The predicted octanol–water partition coefficient (Wildman–Crippen LogP) is 4.41. The maximum Gasteiger partial charge on any atom is 0.149 e. The summed E-state index contributed by atoms with van der Waals surface area (Å²) in [6.45, 7) is 4.77. The summed E-state index contributed by atoms with van der Waals surface area (Å²) in [5.41, 5.74) is 15.8. The van der Waals surface area contributed by atoms with Crippen LogP contribution in [0.1, 0.15) is 56.6 Å². The predicted molar refractivity (Wildman–Crippen MR) is 108 cm³/mol. The number of allylic oxidation sites excluding steroid dienone is 2. The summed E-state index contributed by atoms with van der Waals surface area (Å²) in [6, 6.07) is 8.93. The standard InChI is InChI=1S/C21H27N3S/c1-20(2)10-7-15(8-11-20)14-3-5-16(6-4-14)21(23)12-9-17-18(13-21)25-19(22)24-17/h3-6,9,12-13,15,19H,7-8,10-11,22-23H2,1-2H3. The Balaban J connectivity index is 1.53. The fourth-order valence-electron chi connectivity index (χ4n) is 4.09. The Hall–Kier alpha value is -1.36. The van der Waals surface area contributed by atoms with Crippen LogP contribution in [-0.2, 0) is 5.54 Å². The van der Waals surface area contributed by atoms with Crippen molar-refractivity contribution in [2.75, 3.05) is 0 Å². The zero-order valence-electron chi connectivity index (χ0n) is 15.0. The molecule has 1 aromatic carbocycles. The van der Waals surface area contributed by atoms with Gasteiger partial charge in [0.2, 0.25) is 0 Å². The monoisotopic (exact) mass is 353 g/mol. The van der Waals surface area contributed by atoms with E-state index in [1.165, 1.54) is 31.2 Å². The number of nitrogens with zero attached hydrogens (tertiary/aromatic N) is 1. The quantitative estimate of drug-likeness (QED) is 0.828. The molecule has 25 heavy (non-hydrogen) atoms. The minimum Gasteiger partial charge on any atom is -0.315 e. The second kappa shape index (κ2) is 6.11. The summed E-state index contributed by atoms with van der Waals surface area (Å²) in [6.07, 6.45) is 11.3. The highest BCUT2D eigenvalue weighted by molar-refractivity contribution is 8.05. The average Bonchev–Trinajstić information content (AvgIpc) is 2.94. The minimum atomic E-state index is -0.571. The first kappa shape index (κ1) is 17.1. The first-order chi connectivity index (χ1) is 11.8. The van der Waals surface area contributed by atoms with Crippen LogP contribution in [0.3, 0.4) is 0 Å². The summed E-state index contributed by atoms with van der Waals surface area (Å²) in [5.74, 6) is 0.693. The Kier molecular flexibility index (Phi) is 4.18. The van der Waals surface area contributed by atoms with Crippen LogP contribution < -0.4 is 11.5 Å². The van der Waals surface area contributed by atoms with Gasteiger partial charge >= 0.3 is 0 Å². The fourth-order valence-corrected chi connectivity index (χ4v) is 5.02. The largest absolute Gasteiger partial charge is 0.315 e. The topological polar surface area (TPSA) is 64.4 Å². The SMILES string of the molecule is CC1(C)CCC(c2ccc(C3(N)C=CC4=NC(N)SC4=C3)cc2)CC1. The van der Waals surface area contributed by atoms with Gasteiger partial charge in [0, 0.05) is 4.91 Å². The Morgan fingerprint density at radius 2 is 1.80 bits per heavy atom. The number of hydrogen-bond acceptors (Lipinski definition) is 4. The van der Waals surface area contributed by atoms with Gasteiger partial charge in [0.05, 0.1) is 11.3 Å². The molecule has 4 rings (SSSR count). The molecule has 0 saturated heterocycles. The van der Waals surface area contributed by atoms with Gasteiger partial charge in [-0.15, -0.1) is 0 Å². The smallest absolute Gasteiger partial charge is 0.149 e. The van der Waals surface area contributed by atoms with Crippen molar-refractivity contribution in [1.82, 2.24) is 0 Å². The lowest BCUT2D eigenvalue weighted by Gasteiger charge is -2.34. The van der Waals surface area contributed by atoms with Crippen LogP contribution in [0.25, 0.3) is 0 Å².